The van der Waals surface area contributed by atoms with Crippen molar-refractivity contribution in [3.05, 3.63) is 11.1 Å². The van der Waals surface area contributed by atoms with Crippen LogP contribution in [0.4, 0.5) is 0 Å². The predicted octanol–water partition coefficient (Wildman–Crippen LogP) is 3.75. The van der Waals surface area contributed by atoms with Gasteiger partial charge in [-0.2, -0.15) is 5.26 Å². The van der Waals surface area contributed by atoms with E-state index >= 15 is 0 Å². The number of hydrogen-bond acceptors (Lipinski definition) is 3. The molecule has 96 valence electrons. The Hall–Kier alpha value is -1.30. The van der Waals surface area contributed by atoms with Crippen LogP contribution >= 0.6 is 0 Å². The topological polar surface area (TPSA) is 50.1 Å². The Morgan fingerprint density at radius 3 is 2.35 bits per heavy atom. The third kappa shape index (κ3) is 6.78. The first-order valence-corrected chi connectivity index (χ1v) is 6.44. The van der Waals surface area contributed by atoms with Gasteiger partial charge < -0.3 is 4.74 Å². The fourth-order valence-electron chi connectivity index (χ4n) is 1.64. The van der Waals surface area contributed by atoms with Crippen LogP contribution in [-0.4, -0.2) is 12.6 Å². The molecule has 0 aliphatic rings. The zero-order chi connectivity index (χ0) is 13.1. The van der Waals surface area contributed by atoms with Crippen molar-refractivity contribution >= 4 is 5.97 Å². The molecule has 0 bridgehead atoms. The zero-order valence-corrected chi connectivity index (χ0v) is 11.2. The van der Waals surface area contributed by atoms with Crippen molar-refractivity contribution < 1.29 is 9.53 Å². The number of esters is 1. The Morgan fingerprint density at radius 1 is 1.18 bits per heavy atom. The lowest BCUT2D eigenvalue weighted by atomic mass is 10.0. The van der Waals surface area contributed by atoms with Crippen LogP contribution in [0, 0.1) is 11.3 Å². The molecule has 0 aromatic rings. The second-order valence-electron chi connectivity index (χ2n) is 4.15. The molecular formula is C14H23NO2. The molecule has 0 rings (SSSR count). The van der Waals surface area contributed by atoms with E-state index < -0.39 is 5.97 Å². The largest absolute Gasteiger partial charge is 0.462 e. The molecule has 3 heteroatoms. The monoisotopic (exact) mass is 237 g/mol. The summed E-state index contributed by atoms with van der Waals surface area (Å²) in [7, 11) is 0. The maximum absolute atomic E-state index is 11.4. The third-order valence-electron chi connectivity index (χ3n) is 2.67. The molecule has 17 heavy (non-hydrogen) atoms. The van der Waals surface area contributed by atoms with E-state index in [9.17, 15) is 4.79 Å². The van der Waals surface area contributed by atoms with Crippen LogP contribution in [0.2, 0.25) is 0 Å². The number of carbonyl (C=O) groups is 1. The standard InChI is InChI=1S/C14H23NO2/c1-4-6-7-8-9-10-12(3)13(11-15)14(16)17-5-2/h4-10H2,1-3H3. The maximum Gasteiger partial charge on any atom is 0.348 e. The maximum atomic E-state index is 11.4. The van der Waals surface area contributed by atoms with Gasteiger partial charge in [-0.3, -0.25) is 0 Å². The van der Waals surface area contributed by atoms with Crippen LogP contribution in [0.3, 0.4) is 0 Å². The van der Waals surface area contributed by atoms with Gasteiger partial charge in [-0.05, 0) is 32.3 Å². The van der Waals surface area contributed by atoms with Crippen molar-refractivity contribution in [1.29, 1.82) is 5.26 Å². The first-order chi connectivity index (χ1) is 8.17. The number of rotatable bonds is 8. The summed E-state index contributed by atoms with van der Waals surface area (Å²) in [6.07, 6.45) is 6.71. The second-order valence-corrected chi connectivity index (χ2v) is 4.15. The minimum Gasteiger partial charge on any atom is -0.462 e. The molecule has 0 aliphatic heterocycles. The van der Waals surface area contributed by atoms with Crippen molar-refractivity contribution in [2.75, 3.05) is 6.61 Å². The molecule has 0 saturated heterocycles. The molecule has 0 aromatic heterocycles. The van der Waals surface area contributed by atoms with Gasteiger partial charge >= 0.3 is 5.97 Å². The van der Waals surface area contributed by atoms with Gasteiger partial charge in [0.1, 0.15) is 11.6 Å². The van der Waals surface area contributed by atoms with E-state index in [-0.39, 0.29) is 5.57 Å². The van der Waals surface area contributed by atoms with Crippen molar-refractivity contribution in [2.24, 2.45) is 0 Å². The quantitative estimate of drug-likeness (QED) is 0.279. The summed E-state index contributed by atoms with van der Waals surface area (Å²) in [5, 5.41) is 8.93. The predicted molar refractivity (Wildman–Crippen MR) is 68.3 cm³/mol. The molecule has 0 heterocycles. The number of unbranched alkanes of at least 4 members (excludes halogenated alkanes) is 4. The van der Waals surface area contributed by atoms with Gasteiger partial charge in [0, 0.05) is 0 Å². The average molecular weight is 237 g/mol. The van der Waals surface area contributed by atoms with Crippen LogP contribution in [0.1, 0.15) is 59.3 Å². The Kier molecular flexibility index (Phi) is 9.14. The van der Waals surface area contributed by atoms with Crippen LogP contribution < -0.4 is 0 Å². The van der Waals surface area contributed by atoms with E-state index in [2.05, 4.69) is 6.92 Å². The molecular weight excluding hydrogens is 214 g/mol. The van der Waals surface area contributed by atoms with E-state index in [0.29, 0.717) is 6.61 Å². The van der Waals surface area contributed by atoms with Crippen LogP contribution in [0.5, 0.6) is 0 Å². The number of nitriles is 1. The van der Waals surface area contributed by atoms with Gasteiger partial charge in [0.05, 0.1) is 6.61 Å². The molecule has 3 nitrogen and oxygen atoms in total. The second kappa shape index (κ2) is 9.89. The smallest absolute Gasteiger partial charge is 0.348 e. The average Bonchev–Trinajstić information content (AvgIpc) is 2.30. The molecule has 0 fully saturated rings. The SMILES string of the molecule is CCCCCCCC(C)=C(C#N)C(=O)OCC. The number of allylic oxidation sites excluding steroid dienone is 1. The lowest BCUT2D eigenvalue weighted by Crippen LogP contribution is -2.08. The fourth-order valence-corrected chi connectivity index (χ4v) is 1.64. The number of carbonyl (C=O) groups excluding carboxylic acids is 1. The van der Waals surface area contributed by atoms with E-state index in [1.165, 1.54) is 19.3 Å². The normalized spacial score (nSPS) is 11.6. The highest BCUT2D eigenvalue weighted by Crippen LogP contribution is 2.15. The van der Waals surface area contributed by atoms with Crippen LogP contribution in [0.15, 0.2) is 11.1 Å². The summed E-state index contributed by atoms with van der Waals surface area (Å²) in [4.78, 5) is 11.4. The van der Waals surface area contributed by atoms with Gasteiger partial charge in [-0.1, -0.05) is 32.6 Å². The molecule has 0 radical (unpaired) electrons. The molecule has 0 unspecified atom stereocenters. The van der Waals surface area contributed by atoms with Crippen molar-refractivity contribution in [3.63, 3.8) is 0 Å². The summed E-state index contributed by atoms with van der Waals surface area (Å²) >= 11 is 0. The first-order valence-electron chi connectivity index (χ1n) is 6.44. The molecule has 0 N–H and O–H groups in total. The lowest BCUT2D eigenvalue weighted by molar-refractivity contribution is -0.138. The van der Waals surface area contributed by atoms with Crippen LogP contribution in [0.25, 0.3) is 0 Å². The Labute approximate surface area is 104 Å². The molecule has 0 aromatic carbocycles. The highest BCUT2D eigenvalue weighted by molar-refractivity contribution is 5.93. The first kappa shape index (κ1) is 15.7. The van der Waals surface area contributed by atoms with Crippen LogP contribution in [-0.2, 0) is 9.53 Å². The van der Waals surface area contributed by atoms with E-state index in [0.717, 1.165) is 24.8 Å². The number of nitrogens with zero attached hydrogens (tertiary/aromatic N) is 1. The number of hydrogen-bond donors (Lipinski definition) is 0. The molecule has 0 saturated carbocycles. The zero-order valence-electron chi connectivity index (χ0n) is 11.2. The van der Waals surface area contributed by atoms with E-state index in [1.807, 2.05) is 13.0 Å². The summed E-state index contributed by atoms with van der Waals surface area (Å²) in [6.45, 7) is 6.08. The fraction of sp³-hybridized carbons (Fsp3) is 0.714. The van der Waals surface area contributed by atoms with Crippen molar-refractivity contribution in [3.8, 4) is 6.07 Å². The van der Waals surface area contributed by atoms with Gasteiger partial charge in [-0.25, -0.2) is 4.79 Å². The van der Waals surface area contributed by atoms with Gasteiger partial charge in [0.15, 0.2) is 0 Å². The van der Waals surface area contributed by atoms with E-state index in [4.69, 9.17) is 10.00 Å². The van der Waals surface area contributed by atoms with Crippen molar-refractivity contribution in [2.45, 2.75) is 59.3 Å². The van der Waals surface area contributed by atoms with Crippen molar-refractivity contribution in [1.82, 2.24) is 0 Å². The molecule has 0 atom stereocenters. The number of ether oxygens (including phenoxy) is 1. The molecule has 0 amide bonds. The van der Waals surface area contributed by atoms with Gasteiger partial charge in [-0.15, -0.1) is 0 Å². The Balaban J connectivity index is 4.16. The third-order valence-corrected chi connectivity index (χ3v) is 2.67. The van der Waals surface area contributed by atoms with E-state index in [1.54, 1.807) is 6.92 Å². The Morgan fingerprint density at radius 2 is 1.82 bits per heavy atom. The minimum absolute atomic E-state index is 0.183. The summed E-state index contributed by atoms with van der Waals surface area (Å²) in [6, 6.07) is 1.94. The highest BCUT2D eigenvalue weighted by atomic mass is 16.5. The Bertz CT molecular complexity index is 300. The minimum atomic E-state index is -0.485. The summed E-state index contributed by atoms with van der Waals surface area (Å²) in [5.74, 6) is -0.485. The lowest BCUT2D eigenvalue weighted by Gasteiger charge is -2.05. The molecule has 0 spiro atoms. The van der Waals surface area contributed by atoms with Gasteiger partial charge in [0.2, 0.25) is 0 Å². The summed E-state index contributed by atoms with van der Waals surface area (Å²) in [5.41, 5.74) is 1.03. The summed E-state index contributed by atoms with van der Waals surface area (Å²) < 4.78 is 4.84. The van der Waals surface area contributed by atoms with Gasteiger partial charge in [0.25, 0.3) is 0 Å². The highest BCUT2D eigenvalue weighted by Gasteiger charge is 2.12. The molecule has 0 aliphatic carbocycles.